The molecule has 0 saturated carbocycles. The molecule has 4 heteroatoms. The number of aryl methyl sites for hydroxylation is 1. The minimum Gasteiger partial charge on any atom is -0.383 e. The van der Waals surface area contributed by atoms with Crippen LogP contribution in [0.1, 0.15) is 24.6 Å². The number of thiophene rings is 1. The Morgan fingerprint density at radius 1 is 1.33 bits per heavy atom. The van der Waals surface area contributed by atoms with Gasteiger partial charge in [-0.2, -0.15) is 0 Å². The van der Waals surface area contributed by atoms with Gasteiger partial charge in [0.1, 0.15) is 0 Å². The topological polar surface area (TPSA) is 33.3 Å². The van der Waals surface area contributed by atoms with Crippen LogP contribution in [0.2, 0.25) is 0 Å². The highest BCUT2D eigenvalue weighted by atomic mass is 32.1. The first-order valence-corrected chi connectivity index (χ1v) is 7.66. The molecule has 3 nitrogen and oxygen atoms in total. The van der Waals surface area contributed by atoms with Crippen molar-refractivity contribution in [3.8, 4) is 0 Å². The van der Waals surface area contributed by atoms with Crippen molar-refractivity contribution >= 4 is 11.3 Å². The van der Waals surface area contributed by atoms with E-state index in [2.05, 4.69) is 35.1 Å². The monoisotopic (exact) mass is 270 g/mol. The zero-order chi connectivity index (χ0) is 13.1. The van der Waals surface area contributed by atoms with E-state index in [1.165, 1.54) is 24.1 Å². The number of hydrogen-bond acceptors (Lipinski definition) is 4. The maximum absolute atomic E-state index is 4.99. The third-order valence-electron chi connectivity index (χ3n) is 2.86. The van der Waals surface area contributed by atoms with Crippen LogP contribution in [0.25, 0.3) is 0 Å². The van der Waals surface area contributed by atoms with E-state index in [1.807, 2.05) is 11.3 Å². The molecule has 1 aromatic heterocycles. The van der Waals surface area contributed by atoms with Gasteiger partial charge in [-0.15, -0.1) is 11.3 Å². The average molecular weight is 270 g/mol. The van der Waals surface area contributed by atoms with E-state index < -0.39 is 0 Å². The lowest BCUT2D eigenvalue weighted by atomic mass is 10.2. The molecule has 1 heterocycles. The predicted octanol–water partition coefficient (Wildman–Crippen LogP) is 2.28. The van der Waals surface area contributed by atoms with Crippen molar-refractivity contribution < 1.29 is 4.74 Å². The molecule has 0 aromatic carbocycles. The Morgan fingerprint density at radius 2 is 2.22 bits per heavy atom. The molecule has 18 heavy (non-hydrogen) atoms. The summed E-state index contributed by atoms with van der Waals surface area (Å²) >= 11 is 1.86. The van der Waals surface area contributed by atoms with Gasteiger partial charge < -0.3 is 15.4 Å². The van der Waals surface area contributed by atoms with E-state index in [-0.39, 0.29) is 0 Å². The maximum atomic E-state index is 4.99. The van der Waals surface area contributed by atoms with Gasteiger partial charge in [0.05, 0.1) is 6.61 Å². The minimum absolute atomic E-state index is 0.531. The van der Waals surface area contributed by atoms with Crippen LogP contribution in [0.5, 0.6) is 0 Å². The molecule has 1 atom stereocenters. The molecule has 0 fully saturated rings. The molecule has 0 bridgehead atoms. The lowest BCUT2D eigenvalue weighted by molar-refractivity contribution is 0.198. The fourth-order valence-corrected chi connectivity index (χ4v) is 2.54. The molecular weight excluding hydrogens is 244 g/mol. The lowest BCUT2D eigenvalue weighted by Gasteiger charge is -2.14. The first-order chi connectivity index (χ1) is 8.83. The number of unbranched alkanes of at least 4 members (excludes halogenated alkanes) is 1. The van der Waals surface area contributed by atoms with Crippen LogP contribution >= 0.6 is 11.3 Å². The second kappa shape index (κ2) is 10.5. The van der Waals surface area contributed by atoms with Crippen molar-refractivity contribution in [3.05, 3.63) is 22.4 Å². The van der Waals surface area contributed by atoms with Gasteiger partial charge in [-0.1, -0.05) is 6.07 Å². The van der Waals surface area contributed by atoms with Gasteiger partial charge in [0, 0.05) is 31.1 Å². The third-order valence-corrected chi connectivity index (χ3v) is 3.79. The first kappa shape index (κ1) is 15.6. The van der Waals surface area contributed by atoms with Gasteiger partial charge in [-0.3, -0.25) is 0 Å². The summed E-state index contributed by atoms with van der Waals surface area (Å²) in [5.74, 6) is 0. The first-order valence-electron chi connectivity index (χ1n) is 6.78. The molecule has 0 aliphatic heterocycles. The van der Waals surface area contributed by atoms with E-state index in [9.17, 15) is 0 Å². The summed E-state index contributed by atoms with van der Waals surface area (Å²) in [6.45, 7) is 6.06. The Balaban J connectivity index is 1.87. The second-order valence-electron chi connectivity index (χ2n) is 4.59. The third kappa shape index (κ3) is 7.82. The van der Waals surface area contributed by atoms with E-state index in [1.54, 1.807) is 7.11 Å². The predicted molar refractivity (Wildman–Crippen MR) is 79.5 cm³/mol. The summed E-state index contributed by atoms with van der Waals surface area (Å²) in [5.41, 5.74) is 0. The second-order valence-corrected chi connectivity index (χ2v) is 5.62. The standard InChI is InChI=1S/C14H26N2OS/c1-13(12-15-9-10-17-2)16-8-4-3-6-14-7-5-11-18-14/h5,7,11,13,15-16H,3-4,6,8-10,12H2,1-2H3. The van der Waals surface area contributed by atoms with Gasteiger partial charge in [-0.05, 0) is 44.2 Å². The normalized spacial score (nSPS) is 12.8. The largest absolute Gasteiger partial charge is 0.383 e. The molecule has 1 unspecified atom stereocenters. The van der Waals surface area contributed by atoms with Crippen LogP contribution in [0.15, 0.2) is 17.5 Å². The number of ether oxygens (including phenoxy) is 1. The van der Waals surface area contributed by atoms with Gasteiger partial charge in [0.2, 0.25) is 0 Å². The number of nitrogens with one attached hydrogen (secondary N) is 2. The van der Waals surface area contributed by atoms with Gasteiger partial charge in [-0.25, -0.2) is 0 Å². The fraction of sp³-hybridized carbons (Fsp3) is 0.714. The van der Waals surface area contributed by atoms with Crippen LogP contribution in [0, 0.1) is 0 Å². The van der Waals surface area contributed by atoms with Gasteiger partial charge in [0.25, 0.3) is 0 Å². The zero-order valence-electron chi connectivity index (χ0n) is 11.6. The molecule has 0 spiro atoms. The molecule has 104 valence electrons. The van der Waals surface area contributed by atoms with E-state index >= 15 is 0 Å². The van der Waals surface area contributed by atoms with Crippen molar-refractivity contribution in [1.82, 2.24) is 10.6 Å². The molecular formula is C14H26N2OS. The lowest BCUT2D eigenvalue weighted by Crippen LogP contribution is -2.37. The molecule has 1 rings (SSSR count). The maximum Gasteiger partial charge on any atom is 0.0587 e. The Labute approximate surface area is 115 Å². The highest BCUT2D eigenvalue weighted by molar-refractivity contribution is 7.09. The highest BCUT2D eigenvalue weighted by Crippen LogP contribution is 2.11. The molecule has 0 amide bonds. The summed E-state index contributed by atoms with van der Waals surface area (Å²) < 4.78 is 4.99. The van der Waals surface area contributed by atoms with Crippen LogP contribution < -0.4 is 10.6 Å². The molecule has 0 aliphatic rings. The van der Waals surface area contributed by atoms with E-state index in [4.69, 9.17) is 4.74 Å². The Morgan fingerprint density at radius 3 is 2.94 bits per heavy atom. The fourth-order valence-electron chi connectivity index (χ4n) is 1.79. The molecule has 1 aromatic rings. The molecule has 0 aliphatic carbocycles. The van der Waals surface area contributed by atoms with Crippen molar-refractivity contribution in [3.63, 3.8) is 0 Å². The summed E-state index contributed by atoms with van der Waals surface area (Å²) in [7, 11) is 1.73. The number of rotatable bonds is 11. The summed E-state index contributed by atoms with van der Waals surface area (Å²) in [4.78, 5) is 1.50. The van der Waals surface area contributed by atoms with E-state index in [0.717, 1.165) is 26.2 Å². The van der Waals surface area contributed by atoms with Crippen molar-refractivity contribution in [2.45, 2.75) is 32.2 Å². The van der Waals surface area contributed by atoms with E-state index in [0.29, 0.717) is 6.04 Å². The number of methoxy groups -OCH3 is 1. The van der Waals surface area contributed by atoms with Gasteiger partial charge >= 0.3 is 0 Å². The molecule has 0 radical (unpaired) electrons. The average Bonchev–Trinajstić information content (AvgIpc) is 2.87. The quantitative estimate of drug-likeness (QED) is 0.605. The SMILES string of the molecule is COCCNCC(C)NCCCCc1cccs1. The summed E-state index contributed by atoms with van der Waals surface area (Å²) in [5, 5.41) is 9.06. The van der Waals surface area contributed by atoms with Crippen molar-refractivity contribution in [1.29, 1.82) is 0 Å². The summed E-state index contributed by atoms with van der Waals surface area (Å²) in [6.07, 6.45) is 3.75. The number of hydrogen-bond donors (Lipinski definition) is 2. The van der Waals surface area contributed by atoms with Crippen LogP contribution in [0.3, 0.4) is 0 Å². The van der Waals surface area contributed by atoms with Crippen LogP contribution in [0.4, 0.5) is 0 Å². The Bertz CT molecular complexity index is 277. The van der Waals surface area contributed by atoms with Crippen LogP contribution in [-0.4, -0.2) is 39.4 Å². The highest BCUT2D eigenvalue weighted by Gasteiger charge is 2.00. The summed E-state index contributed by atoms with van der Waals surface area (Å²) in [6, 6.07) is 4.88. The molecule has 0 saturated heterocycles. The molecule has 2 N–H and O–H groups in total. The zero-order valence-corrected chi connectivity index (χ0v) is 12.4. The Kier molecular flexibility index (Phi) is 9.12. The Hall–Kier alpha value is -0.420. The van der Waals surface area contributed by atoms with Crippen molar-refractivity contribution in [2.75, 3.05) is 33.4 Å². The van der Waals surface area contributed by atoms with Crippen LogP contribution in [-0.2, 0) is 11.2 Å². The minimum atomic E-state index is 0.531. The van der Waals surface area contributed by atoms with Crippen molar-refractivity contribution in [2.24, 2.45) is 0 Å². The smallest absolute Gasteiger partial charge is 0.0587 e. The van der Waals surface area contributed by atoms with Gasteiger partial charge in [0.15, 0.2) is 0 Å².